The van der Waals surface area contributed by atoms with E-state index in [4.69, 9.17) is 9.47 Å². The molecule has 2 aromatic carbocycles. The molecule has 0 radical (unpaired) electrons. The monoisotopic (exact) mass is 688 g/mol. The number of pyridine rings is 2. The topological polar surface area (TPSA) is 114 Å². The van der Waals surface area contributed by atoms with Crippen molar-refractivity contribution in [2.75, 3.05) is 0 Å². The number of nitrogens with zero attached hydrogens (tertiary/aromatic N) is 3. The number of nitrogens with one attached hydrogen (secondary N) is 1. The Bertz CT molecular complexity index is 1800. The molecule has 0 aliphatic carbocycles. The third kappa shape index (κ3) is 7.02. The van der Waals surface area contributed by atoms with Crippen LogP contribution in [0.1, 0.15) is 48.2 Å². The fraction of sp³-hybridized carbons (Fsp3) is 0.294. The van der Waals surface area contributed by atoms with Crippen molar-refractivity contribution in [3.05, 3.63) is 113 Å². The van der Waals surface area contributed by atoms with E-state index < -0.39 is 41.0 Å². The predicted molar refractivity (Wildman–Crippen MR) is 162 cm³/mol. The molecule has 1 aliphatic heterocycles. The fourth-order valence-corrected chi connectivity index (χ4v) is 5.28. The van der Waals surface area contributed by atoms with Gasteiger partial charge in [-0.25, -0.2) is 9.78 Å². The van der Waals surface area contributed by atoms with Gasteiger partial charge in [-0.3, -0.25) is 14.7 Å². The summed E-state index contributed by atoms with van der Waals surface area (Å²) in [6, 6.07) is 16.7. The number of aromatic nitrogens is 2. The second-order valence-electron chi connectivity index (χ2n) is 11.5. The van der Waals surface area contributed by atoms with Gasteiger partial charge in [0.15, 0.2) is 0 Å². The Morgan fingerprint density at radius 1 is 0.918 bits per heavy atom. The Labute approximate surface area is 276 Å². The number of urea groups is 1. The van der Waals surface area contributed by atoms with Crippen molar-refractivity contribution >= 4 is 11.9 Å². The normalized spacial score (nSPS) is 16.9. The zero-order chi connectivity index (χ0) is 35.6. The van der Waals surface area contributed by atoms with Crippen molar-refractivity contribution in [2.24, 2.45) is 0 Å². The molecule has 15 heteroatoms. The first-order valence-electron chi connectivity index (χ1n) is 15.0. The molecule has 49 heavy (non-hydrogen) atoms. The highest BCUT2D eigenvalue weighted by Crippen LogP contribution is 2.50. The van der Waals surface area contributed by atoms with Gasteiger partial charge >= 0.3 is 18.4 Å². The lowest BCUT2D eigenvalue weighted by Gasteiger charge is -2.33. The van der Waals surface area contributed by atoms with Gasteiger partial charge in [0.2, 0.25) is 5.88 Å². The number of aliphatic hydroxyl groups is 1. The van der Waals surface area contributed by atoms with Gasteiger partial charge in [0, 0.05) is 35.7 Å². The van der Waals surface area contributed by atoms with E-state index in [1.807, 2.05) is 30.3 Å². The number of carbonyl (C=O) groups is 2. The molecule has 3 heterocycles. The molecule has 2 aromatic heterocycles. The van der Waals surface area contributed by atoms with Crippen molar-refractivity contribution in [2.45, 2.75) is 63.3 Å². The Balaban J connectivity index is 1.31. The van der Waals surface area contributed by atoms with E-state index in [1.54, 1.807) is 19.1 Å². The maximum Gasteiger partial charge on any atom is 0.430 e. The molecule has 258 valence electrons. The lowest BCUT2D eigenvalue weighted by molar-refractivity contribution is -0.376. The number of hydrogen-bond acceptors (Lipinski definition) is 7. The van der Waals surface area contributed by atoms with Crippen LogP contribution in [0.25, 0.3) is 0 Å². The van der Waals surface area contributed by atoms with Crippen LogP contribution in [0.3, 0.4) is 0 Å². The Morgan fingerprint density at radius 2 is 1.63 bits per heavy atom. The molecular weight excluding hydrogens is 658 g/mol. The van der Waals surface area contributed by atoms with Gasteiger partial charge in [-0.2, -0.15) is 26.3 Å². The zero-order valence-corrected chi connectivity index (χ0v) is 26.1. The van der Waals surface area contributed by atoms with Crippen LogP contribution in [0.15, 0.2) is 85.2 Å². The average molecular weight is 689 g/mol. The lowest BCUT2D eigenvalue weighted by Crippen LogP contribution is -2.53. The van der Waals surface area contributed by atoms with Gasteiger partial charge in [0.25, 0.3) is 11.5 Å². The first-order chi connectivity index (χ1) is 23.1. The SMILES string of the molecule is CCCc1cc(C(O)(C(F)(F)F)C(F)(F)F)ccc1Oc1ccnc(CN2C(=O)NC(C)(c3ccc(OCc4ccccc4)nc3)C2=O)c1. The van der Waals surface area contributed by atoms with E-state index in [0.29, 0.717) is 30.0 Å². The van der Waals surface area contributed by atoms with Gasteiger partial charge < -0.3 is 19.9 Å². The summed E-state index contributed by atoms with van der Waals surface area (Å²) in [6.07, 6.45) is -8.98. The number of benzene rings is 2. The summed E-state index contributed by atoms with van der Waals surface area (Å²) < 4.78 is 92.4. The van der Waals surface area contributed by atoms with Crippen LogP contribution in [-0.4, -0.2) is 44.3 Å². The number of imide groups is 1. The third-order valence-electron chi connectivity index (χ3n) is 7.97. The Kier molecular flexibility index (Phi) is 9.59. The molecular formula is C34H30F6N4O5. The average Bonchev–Trinajstić information content (AvgIpc) is 3.27. The quantitative estimate of drug-likeness (QED) is 0.128. The first kappa shape index (κ1) is 35.1. The molecule has 0 saturated carbocycles. The van der Waals surface area contributed by atoms with E-state index in [0.717, 1.165) is 16.5 Å². The minimum Gasteiger partial charge on any atom is -0.473 e. The molecule has 3 amide bonds. The molecule has 9 nitrogen and oxygen atoms in total. The highest BCUT2D eigenvalue weighted by atomic mass is 19.4. The molecule has 5 rings (SSSR count). The van der Waals surface area contributed by atoms with E-state index in [1.165, 1.54) is 31.5 Å². The number of carbonyl (C=O) groups excluding carboxylic acids is 2. The van der Waals surface area contributed by atoms with Crippen molar-refractivity contribution in [3.63, 3.8) is 0 Å². The highest BCUT2D eigenvalue weighted by Gasteiger charge is 2.71. The van der Waals surface area contributed by atoms with Gasteiger partial charge in [-0.15, -0.1) is 0 Å². The molecule has 2 N–H and O–H groups in total. The maximum absolute atomic E-state index is 13.5. The number of hydrogen-bond donors (Lipinski definition) is 2. The number of halogens is 6. The largest absolute Gasteiger partial charge is 0.473 e. The van der Waals surface area contributed by atoms with Crippen molar-refractivity contribution in [1.82, 2.24) is 20.2 Å². The van der Waals surface area contributed by atoms with Gasteiger partial charge in [0.1, 0.15) is 23.6 Å². The summed E-state index contributed by atoms with van der Waals surface area (Å²) in [4.78, 5) is 35.9. The van der Waals surface area contributed by atoms with E-state index in [2.05, 4.69) is 15.3 Å². The van der Waals surface area contributed by atoms with Gasteiger partial charge in [0.05, 0.1) is 12.2 Å². The van der Waals surface area contributed by atoms with E-state index in [9.17, 15) is 41.0 Å². The van der Waals surface area contributed by atoms with Crippen LogP contribution in [-0.2, 0) is 35.5 Å². The molecule has 1 unspecified atom stereocenters. The van der Waals surface area contributed by atoms with E-state index >= 15 is 0 Å². The molecule has 4 aromatic rings. The molecule has 0 spiro atoms. The number of amides is 3. The molecule has 1 fully saturated rings. The summed E-state index contributed by atoms with van der Waals surface area (Å²) in [6.45, 7) is 3.19. The van der Waals surface area contributed by atoms with Crippen LogP contribution >= 0.6 is 0 Å². The van der Waals surface area contributed by atoms with Crippen LogP contribution in [0.2, 0.25) is 0 Å². The van der Waals surface area contributed by atoms with Crippen molar-refractivity contribution < 1.29 is 50.5 Å². The summed E-state index contributed by atoms with van der Waals surface area (Å²) in [5.41, 5.74) is -6.41. The summed E-state index contributed by atoms with van der Waals surface area (Å²) in [5.74, 6) is -0.241. The van der Waals surface area contributed by atoms with Gasteiger partial charge in [-0.05, 0) is 48.7 Å². The Morgan fingerprint density at radius 3 is 2.27 bits per heavy atom. The smallest absolute Gasteiger partial charge is 0.430 e. The lowest BCUT2D eigenvalue weighted by atomic mass is 9.90. The number of alkyl halides is 6. The van der Waals surface area contributed by atoms with Crippen LogP contribution in [0.4, 0.5) is 31.1 Å². The van der Waals surface area contributed by atoms with Crippen LogP contribution in [0, 0.1) is 0 Å². The third-order valence-corrected chi connectivity index (χ3v) is 7.97. The highest BCUT2D eigenvalue weighted by molar-refractivity contribution is 6.07. The maximum atomic E-state index is 13.5. The summed E-state index contributed by atoms with van der Waals surface area (Å²) in [7, 11) is 0. The predicted octanol–water partition coefficient (Wildman–Crippen LogP) is 7.08. The minimum absolute atomic E-state index is 0.0137. The Hall–Kier alpha value is -5.18. The second-order valence-corrected chi connectivity index (χ2v) is 11.5. The number of aryl methyl sites for hydroxylation is 1. The van der Waals surface area contributed by atoms with Gasteiger partial charge in [-0.1, -0.05) is 49.7 Å². The molecule has 1 aliphatic rings. The molecule has 1 saturated heterocycles. The fourth-order valence-electron chi connectivity index (χ4n) is 5.28. The summed E-state index contributed by atoms with van der Waals surface area (Å²) >= 11 is 0. The van der Waals surface area contributed by atoms with Crippen molar-refractivity contribution in [1.29, 1.82) is 0 Å². The van der Waals surface area contributed by atoms with Crippen LogP contribution in [0.5, 0.6) is 17.4 Å². The molecule has 0 bridgehead atoms. The number of rotatable bonds is 11. The summed E-state index contributed by atoms with van der Waals surface area (Å²) in [5, 5.41) is 12.5. The molecule has 1 atom stereocenters. The minimum atomic E-state index is -6.04. The van der Waals surface area contributed by atoms with E-state index in [-0.39, 0.29) is 42.3 Å². The standard InChI is InChI=1S/C34H30F6N4O5/c1-3-7-22-16-23(32(47,33(35,36)37)34(38,39)40)10-12-27(22)49-26-14-15-41-25(17-26)19-44-29(45)31(2,43-30(44)46)24-11-13-28(42-18-24)48-20-21-8-5-4-6-9-21/h4-6,8-18,47H,3,7,19-20H2,1-2H3,(H,43,46). The second kappa shape index (κ2) is 13.4. The van der Waals surface area contributed by atoms with Crippen molar-refractivity contribution in [3.8, 4) is 17.4 Å². The first-order valence-corrected chi connectivity index (χ1v) is 15.0. The zero-order valence-electron chi connectivity index (χ0n) is 26.1. The van der Waals surface area contributed by atoms with Crippen LogP contribution < -0.4 is 14.8 Å². The number of ether oxygens (including phenoxy) is 2.